The molecule has 1 amide bonds. The fraction of sp³-hybridized carbons (Fsp3) is 0.435. The van der Waals surface area contributed by atoms with Gasteiger partial charge in [-0.2, -0.15) is 0 Å². The summed E-state index contributed by atoms with van der Waals surface area (Å²) in [6.07, 6.45) is 5.56. The molecule has 32 heavy (non-hydrogen) atoms. The number of nitrogens with zero attached hydrogens (tertiary/aromatic N) is 1. The summed E-state index contributed by atoms with van der Waals surface area (Å²) in [7, 11) is -2.50. The van der Waals surface area contributed by atoms with E-state index in [-0.39, 0.29) is 27.9 Å². The zero-order chi connectivity index (χ0) is 22.7. The maximum Gasteiger partial charge on any atom is 0.255 e. The Kier molecular flexibility index (Phi) is 6.66. The molecule has 1 heterocycles. The highest BCUT2D eigenvalue weighted by molar-refractivity contribution is 7.89. The Hall–Kier alpha value is -2.65. The molecule has 2 aliphatic rings. The molecule has 0 atom stereocenters. The summed E-state index contributed by atoms with van der Waals surface area (Å²) in [5, 5.41) is 2.65. The minimum absolute atomic E-state index is 0.101. The molecule has 7 nitrogen and oxygen atoms in total. The van der Waals surface area contributed by atoms with Crippen molar-refractivity contribution in [3.63, 3.8) is 0 Å². The van der Waals surface area contributed by atoms with Crippen LogP contribution in [0, 0.1) is 5.82 Å². The Bertz CT molecular complexity index is 1090. The molecule has 0 spiro atoms. The van der Waals surface area contributed by atoms with Crippen molar-refractivity contribution in [2.75, 3.05) is 30.4 Å². The van der Waals surface area contributed by atoms with Gasteiger partial charge in [0.05, 0.1) is 12.8 Å². The molecule has 0 radical (unpaired) electrons. The number of rotatable bonds is 7. The first-order chi connectivity index (χ1) is 15.4. The first-order valence-corrected chi connectivity index (χ1v) is 12.4. The average Bonchev–Trinajstić information content (AvgIpc) is 3.49. The third-order valence-electron chi connectivity index (χ3n) is 6.07. The van der Waals surface area contributed by atoms with Gasteiger partial charge in [0.2, 0.25) is 10.0 Å². The third-order valence-corrected chi connectivity index (χ3v) is 7.61. The van der Waals surface area contributed by atoms with Crippen LogP contribution in [0.1, 0.15) is 48.9 Å². The summed E-state index contributed by atoms with van der Waals surface area (Å²) in [6, 6.07) is 8.76. The third kappa shape index (κ3) is 4.73. The Labute approximate surface area is 188 Å². The summed E-state index contributed by atoms with van der Waals surface area (Å²) in [4.78, 5) is 14.9. The number of sulfonamides is 1. The highest BCUT2D eigenvalue weighted by atomic mass is 32.2. The first kappa shape index (κ1) is 22.5. The van der Waals surface area contributed by atoms with E-state index in [1.807, 2.05) is 4.90 Å². The summed E-state index contributed by atoms with van der Waals surface area (Å²) >= 11 is 0. The minimum atomic E-state index is -3.88. The van der Waals surface area contributed by atoms with Gasteiger partial charge in [0.25, 0.3) is 5.91 Å². The average molecular weight is 462 g/mol. The SMILES string of the molecule is COc1ccc(C(=O)Nc2c(F)cccc2N2CCCC2)cc1S(=O)(=O)NC1CCCC1. The minimum Gasteiger partial charge on any atom is -0.495 e. The fourth-order valence-electron chi connectivity index (χ4n) is 4.40. The molecule has 1 aliphatic heterocycles. The zero-order valence-corrected chi connectivity index (χ0v) is 18.9. The van der Waals surface area contributed by atoms with Gasteiger partial charge in [-0.15, -0.1) is 0 Å². The number of methoxy groups -OCH3 is 1. The summed E-state index contributed by atoms with van der Waals surface area (Å²) in [5.74, 6) is -0.974. The predicted octanol–water partition coefficient (Wildman–Crippen LogP) is 3.91. The van der Waals surface area contributed by atoms with Crippen LogP contribution in [-0.2, 0) is 10.0 Å². The van der Waals surface area contributed by atoms with Gasteiger partial charge < -0.3 is 15.0 Å². The van der Waals surface area contributed by atoms with Gasteiger partial charge in [-0.3, -0.25) is 4.79 Å². The predicted molar refractivity (Wildman–Crippen MR) is 121 cm³/mol. The second kappa shape index (κ2) is 9.46. The van der Waals surface area contributed by atoms with Crippen LogP contribution in [0.25, 0.3) is 0 Å². The van der Waals surface area contributed by atoms with Gasteiger partial charge in [-0.05, 0) is 56.0 Å². The van der Waals surface area contributed by atoms with Crippen LogP contribution < -0.4 is 19.7 Å². The highest BCUT2D eigenvalue weighted by Crippen LogP contribution is 2.32. The highest BCUT2D eigenvalue weighted by Gasteiger charge is 2.27. The molecule has 4 rings (SSSR count). The van der Waals surface area contributed by atoms with Crippen molar-refractivity contribution in [3.8, 4) is 5.75 Å². The van der Waals surface area contributed by atoms with Crippen molar-refractivity contribution in [1.82, 2.24) is 4.72 Å². The number of hydrogen-bond acceptors (Lipinski definition) is 5. The number of ether oxygens (including phenoxy) is 1. The standard InChI is InChI=1S/C23H28FN3O4S/c1-31-20-12-11-16(15-21(20)32(29,30)26-17-7-2-3-8-17)23(28)25-22-18(24)9-6-10-19(22)27-13-4-5-14-27/h6,9-12,15,17,26H,2-5,7-8,13-14H2,1H3,(H,25,28). The van der Waals surface area contributed by atoms with Gasteiger partial charge in [0, 0.05) is 24.7 Å². The summed E-state index contributed by atoms with van der Waals surface area (Å²) in [5.41, 5.74) is 0.831. The van der Waals surface area contributed by atoms with Gasteiger partial charge in [-0.25, -0.2) is 17.5 Å². The topological polar surface area (TPSA) is 87.7 Å². The van der Waals surface area contributed by atoms with E-state index in [1.165, 1.54) is 31.4 Å². The van der Waals surface area contributed by atoms with Crippen molar-refractivity contribution in [2.45, 2.75) is 49.5 Å². The molecule has 2 aromatic rings. The molecule has 9 heteroatoms. The van der Waals surface area contributed by atoms with E-state index in [1.54, 1.807) is 12.1 Å². The van der Waals surface area contributed by atoms with Crippen molar-refractivity contribution >= 4 is 27.3 Å². The number of anilines is 2. The van der Waals surface area contributed by atoms with Gasteiger partial charge >= 0.3 is 0 Å². The van der Waals surface area contributed by atoms with Crippen LogP contribution in [-0.4, -0.2) is 40.6 Å². The number of hydrogen-bond donors (Lipinski definition) is 2. The van der Waals surface area contributed by atoms with E-state index in [4.69, 9.17) is 4.74 Å². The fourth-order valence-corrected chi connectivity index (χ4v) is 5.90. The van der Waals surface area contributed by atoms with E-state index < -0.39 is 21.7 Å². The maximum atomic E-state index is 14.6. The van der Waals surface area contributed by atoms with Crippen molar-refractivity contribution < 1.29 is 22.3 Å². The molecule has 1 saturated carbocycles. The number of benzene rings is 2. The quantitative estimate of drug-likeness (QED) is 0.653. The van der Waals surface area contributed by atoms with Crippen molar-refractivity contribution in [2.24, 2.45) is 0 Å². The van der Waals surface area contributed by atoms with Crippen LogP contribution in [0.4, 0.5) is 15.8 Å². The molecule has 0 aromatic heterocycles. The molecule has 2 N–H and O–H groups in total. The number of nitrogens with one attached hydrogen (secondary N) is 2. The van der Waals surface area contributed by atoms with E-state index >= 15 is 0 Å². The van der Waals surface area contributed by atoms with Crippen LogP contribution in [0.15, 0.2) is 41.3 Å². The zero-order valence-electron chi connectivity index (χ0n) is 18.1. The molecular formula is C23H28FN3O4S. The molecule has 172 valence electrons. The first-order valence-electron chi connectivity index (χ1n) is 10.9. The maximum absolute atomic E-state index is 14.6. The van der Waals surface area contributed by atoms with Crippen LogP contribution in [0.3, 0.4) is 0 Å². The van der Waals surface area contributed by atoms with Gasteiger partial charge in [-0.1, -0.05) is 18.9 Å². The van der Waals surface area contributed by atoms with E-state index in [2.05, 4.69) is 10.0 Å². The molecule has 2 fully saturated rings. The molecule has 0 unspecified atom stereocenters. The van der Waals surface area contributed by atoms with E-state index in [9.17, 15) is 17.6 Å². The van der Waals surface area contributed by atoms with Crippen LogP contribution in [0.2, 0.25) is 0 Å². The second-order valence-electron chi connectivity index (χ2n) is 8.25. The number of para-hydroxylation sites is 1. The van der Waals surface area contributed by atoms with Crippen LogP contribution in [0.5, 0.6) is 5.75 Å². The molecule has 0 bridgehead atoms. The van der Waals surface area contributed by atoms with Crippen LogP contribution >= 0.6 is 0 Å². The number of carbonyl (C=O) groups is 1. The number of halogens is 1. The Morgan fingerprint density at radius 3 is 2.50 bits per heavy atom. The molecular weight excluding hydrogens is 433 g/mol. The smallest absolute Gasteiger partial charge is 0.255 e. The molecule has 1 aliphatic carbocycles. The lowest BCUT2D eigenvalue weighted by Crippen LogP contribution is -2.33. The van der Waals surface area contributed by atoms with Crippen molar-refractivity contribution in [1.29, 1.82) is 0 Å². The van der Waals surface area contributed by atoms with E-state index in [0.717, 1.165) is 51.6 Å². The van der Waals surface area contributed by atoms with Gasteiger partial charge in [0.1, 0.15) is 22.1 Å². The molecule has 1 saturated heterocycles. The second-order valence-corrected chi connectivity index (χ2v) is 9.93. The Morgan fingerprint density at radius 2 is 1.81 bits per heavy atom. The number of amides is 1. The Morgan fingerprint density at radius 1 is 1.09 bits per heavy atom. The Balaban J connectivity index is 1.62. The monoisotopic (exact) mass is 461 g/mol. The lowest BCUT2D eigenvalue weighted by Gasteiger charge is -2.22. The van der Waals surface area contributed by atoms with E-state index in [0.29, 0.717) is 5.69 Å². The van der Waals surface area contributed by atoms with Crippen molar-refractivity contribution in [3.05, 3.63) is 47.8 Å². The van der Waals surface area contributed by atoms with Gasteiger partial charge in [0.15, 0.2) is 0 Å². The lowest BCUT2D eigenvalue weighted by molar-refractivity contribution is 0.102. The largest absolute Gasteiger partial charge is 0.495 e. The summed E-state index contributed by atoms with van der Waals surface area (Å²) in [6.45, 7) is 1.59. The normalized spacial score (nSPS) is 17.0. The molecule has 2 aromatic carbocycles. The summed E-state index contributed by atoms with van der Waals surface area (Å²) < 4.78 is 48.6. The number of carbonyl (C=O) groups excluding carboxylic acids is 1. The lowest BCUT2D eigenvalue weighted by atomic mass is 10.1.